The molecule has 0 bridgehead atoms. The van der Waals surface area contributed by atoms with Gasteiger partial charge in [0.25, 0.3) is 0 Å². The highest BCUT2D eigenvalue weighted by Gasteiger charge is 2.31. The Morgan fingerprint density at radius 1 is 1.50 bits per heavy atom. The van der Waals surface area contributed by atoms with Gasteiger partial charge in [0.15, 0.2) is 0 Å². The van der Waals surface area contributed by atoms with Crippen molar-refractivity contribution in [2.45, 2.75) is 39.2 Å². The molecule has 3 heteroatoms. The second-order valence-corrected chi connectivity index (χ2v) is 4.15. The summed E-state index contributed by atoms with van der Waals surface area (Å²) in [5.41, 5.74) is 0.0508. The Bertz CT molecular complexity index is 130. The summed E-state index contributed by atoms with van der Waals surface area (Å²) in [5.74, 6) is 5.07. The maximum atomic E-state index is 5.66. The molecule has 72 valence electrons. The molecule has 1 saturated heterocycles. The lowest BCUT2D eigenvalue weighted by Gasteiger charge is -2.35. The van der Waals surface area contributed by atoms with Gasteiger partial charge >= 0.3 is 0 Å². The minimum Gasteiger partial charge on any atom is -0.378 e. The van der Waals surface area contributed by atoms with Gasteiger partial charge in [0, 0.05) is 12.0 Å². The van der Waals surface area contributed by atoms with Crippen molar-refractivity contribution < 1.29 is 9.57 Å². The number of hydrogen-bond donors (Lipinski definition) is 1. The molecule has 1 unspecified atom stereocenters. The highest BCUT2D eigenvalue weighted by molar-refractivity contribution is 4.80. The standard InChI is InChI=1S/C9H19NO2/c1-9(2,7-12-10)8-5-3-4-6-11-8/h8H,3-7,10H2,1-2H3. The third kappa shape index (κ3) is 2.44. The van der Waals surface area contributed by atoms with Gasteiger partial charge in [0.05, 0.1) is 12.7 Å². The first-order valence-electron chi connectivity index (χ1n) is 4.60. The van der Waals surface area contributed by atoms with Gasteiger partial charge in [0.2, 0.25) is 0 Å². The predicted octanol–water partition coefficient (Wildman–Crippen LogP) is 1.47. The van der Waals surface area contributed by atoms with E-state index < -0.39 is 0 Å². The topological polar surface area (TPSA) is 44.5 Å². The minimum absolute atomic E-state index is 0.0508. The molecule has 3 nitrogen and oxygen atoms in total. The monoisotopic (exact) mass is 173 g/mol. The van der Waals surface area contributed by atoms with Gasteiger partial charge in [-0.05, 0) is 19.3 Å². The zero-order valence-corrected chi connectivity index (χ0v) is 8.01. The third-order valence-electron chi connectivity index (χ3n) is 2.51. The zero-order valence-electron chi connectivity index (χ0n) is 8.01. The summed E-state index contributed by atoms with van der Waals surface area (Å²) < 4.78 is 5.66. The number of ether oxygens (including phenoxy) is 1. The molecule has 0 spiro atoms. The molecule has 0 aliphatic carbocycles. The molecule has 0 amide bonds. The van der Waals surface area contributed by atoms with Gasteiger partial charge in [-0.15, -0.1) is 0 Å². The van der Waals surface area contributed by atoms with Crippen molar-refractivity contribution in [1.82, 2.24) is 0 Å². The normalized spacial score (nSPS) is 25.8. The molecule has 0 aromatic rings. The van der Waals surface area contributed by atoms with Crippen LogP contribution in [0.5, 0.6) is 0 Å². The van der Waals surface area contributed by atoms with Crippen molar-refractivity contribution in [2.75, 3.05) is 13.2 Å². The van der Waals surface area contributed by atoms with Crippen molar-refractivity contribution in [2.24, 2.45) is 11.3 Å². The molecule has 0 aromatic heterocycles. The highest BCUT2D eigenvalue weighted by Crippen LogP contribution is 2.29. The third-order valence-corrected chi connectivity index (χ3v) is 2.51. The number of rotatable bonds is 3. The van der Waals surface area contributed by atoms with Crippen molar-refractivity contribution >= 4 is 0 Å². The molecule has 0 saturated carbocycles. The summed E-state index contributed by atoms with van der Waals surface area (Å²) in [6, 6.07) is 0. The van der Waals surface area contributed by atoms with Crippen LogP contribution < -0.4 is 5.90 Å². The smallest absolute Gasteiger partial charge is 0.0755 e. The summed E-state index contributed by atoms with van der Waals surface area (Å²) >= 11 is 0. The fourth-order valence-electron chi connectivity index (χ4n) is 1.66. The molecule has 1 aliphatic rings. The van der Waals surface area contributed by atoms with Gasteiger partial charge in [-0.25, -0.2) is 5.90 Å². The van der Waals surface area contributed by atoms with E-state index in [2.05, 4.69) is 18.7 Å². The molecule has 1 fully saturated rings. The molecule has 1 rings (SSSR count). The van der Waals surface area contributed by atoms with Crippen LogP contribution in [0.15, 0.2) is 0 Å². The quantitative estimate of drug-likeness (QED) is 0.657. The fraction of sp³-hybridized carbons (Fsp3) is 1.00. The van der Waals surface area contributed by atoms with Crippen LogP contribution in [0.4, 0.5) is 0 Å². The number of nitrogens with two attached hydrogens (primary N) is 1. The lowest BCUT2D eigenvalue weighted by atomic mass is 9.83. The molecule has 0 radical (unpaired) electrons. The average Bonchev–Trinajstić information content (AvgIpc) is 2.06. The van der Waals surface area contributed by atoms with E-state index in [-0.39, 0.29) is 5.41 Å². The fourth-order valence-corrected chi connectivity index (χ4v) is 1.66. The Balaban J connectivity index is 2.41. The zero-order chi connectivity index (χ0) is 9.03. The van der Waals surface area contributed by atoms with Crippen LogP contribution >= 0.6 is 0 Å². The van der Waals surface area contributed by atoms with E-state index in [0.717, 1.165) is 13.0 Å². The summed E-state index contributed by atoms with van der Waals surface area (Å²) in [6.45, 7) is 5.72. The van der Waals surface area contributed by atoms with Gasteiger partial charge in [-0.2, -0.15) is 0 Å². The highest BCUT2D eigenvalue weighted by atomic mass is 16.6. The summed E-state index contributed by atoms with van der Waals surface area (Å²) in [6.07, 6.45) is 3.90. The predicted molar refractivity (Wildman–Crippen MR) is 47.5 cm³/mol. The SMILES string of the molecule is CC(C)(CON)C1CCCCO1. The van der Waals surface area contributed by atoms with Crippen LogP contribution in [-0.4, -0.2) is 19.3 Å². The van der Waals surface area contributed by atoms with E-state index in [0.29, 0.717) is 12.7 Å². The molecular weight excluding hydrogens is 154 g/mol. The Labute approximate surface area is 74.2 Å². The van der Waals surface area contributed by atoms with Crippen LogP contribution in [-0.2, 0) is 9.57 Å². The van der Waals surface area contributed by atoms with Gasteiger partial charge in [0.1, 0.15) is 0 Å². The molecule has 1 heterocycles. The van der Waals surface area contributed by atoms with Crippen LogP contribution in [0, 0.1) is 5.41 Å². The first-order valence-corrected chi connectivity index (χ1v) is 4.60. The Hall–Kier alpha value is -0.120. The van der Waals surface area contributed by atoms with Crippen molar-refractivity contribution in [3.05, 3.63) is 0 Å². The van der Waals surface area contributed by atoms with Crippen molar-refractivity contribution in [3.8, 4) is 0 Å². The maximum Gasteiger partial charge on any atom is 0.0755 e. The second-order valence-electron chi connectivity index (χ2n) is 4.15. The van der Waals surface area contributed by atoms with E-state index in [1.165, 1.54) is 12.8 Å². The van der Waals surface area contributed by atoms with Gasteiger partial charge in [-0.3, -0.25) is 0 Å². The maximum absolute atomic E-state index is 5.66. The molecule has 1 aliphatic heterocycles. The van der Waals surface area contributed by atoms with Crippen molar-refractivity contribution in [3.63, 3.8) is 0 Å². The largest absolute Gasteiger partial charge is 0.378 e. The summed E-state index contributed by atoms with van der Waals surface area (Å²) in [4.78, 5) is 4.68. The van der Waals surface area contributed by atoms with Crippen LogP contribution in [0.2, 0.25) is 0 Å². The van der Waals surface area contributed by atoms with Crippen LogP contribution in [0.3, 0.4) is 0 Å². The van der Waals surface area contributed by atoms with E-state index in [1.807, 2.05) is 0 Å². The van der Waals surface area contributed by atoms with E-state index in [9.17, 15) is 0 Å². The Kier molecular flexibility index (Phi) is 3.50. The number of hydrogen-bond acceptors (Lipinski definition) is 3. The van der Waals surface area contributed by atoms with Crippen molar-refractivity contribution in [1.29, 1.82) is 0 Å². The van der Waals surface area contributed by atoms with Crippen LogP contribution in [0.1, 0.15) is 33.1 Å². The first-order chi connectivity index (χ1) is 5.67. The molecule has 1 atom stereocenters. The van der Waals surface area contributed by atoms with E-state index in [4.69, 9.17) is 10.6 Å². The summed E-state index contributed by atoms with van der Waals surface area (Å²) in [7, 11) is 0. The first kappa shape index (κ1) is 9.96. The van der Waals surface area contributed by atoms with Gasteiger partial charge < -0.3 is 9.57 Å². The molecule has 12 heavy (non-hydrogen) atoms. The molecular formula is C9H19NO2. The van der Waals surface area contributed by atoms with Crippen LogP contribution in [0.25, 0.3) is 0 Å². The minimum atomic E-state index is 0.0508. The Morgan fingerprint density at radius 3 is 2.75 bits per heavy atom. The van der Waals surface area contributed by atoms with E-state index in [1.54, 1.807) is 0 Å². The Morgan fingerprint density at radius 2 is 2.25 bits per heavy atom. The summed E-state index contributed by atoms with van der Waals surface area (Å²) in [5, 5.41) is 0. The average molecular weight is 173 g/mol. The lowest BCUT2D eigenvalue weighted by Crippen LogP contribution is -2.38. The van der Waals surface area contributed by atoms with Gasteiger partial charge in [-0.1, -0.05) is 13.8 Å². The van der Waals surface area contributed by atoms with E-state index >= 15 is 0 Å². The second kappa shape index (κ2) is 4.21. The molecule has 2 N–H and O–H groups in total. The molecule has 0 aromatic carbocycles. The lowest BCUT2D eigenvalue weighted by molar-refractivity contribution is -0.0866.